The highest BCUT2D eigenvalue weighted by molar-refractivity contribution is 6.13. The topological polar surface area (TPSA) is 49.0 Å². The predicted molar refractivity (Wildman–Crippen MR) is 250 cm³/mol. The van der Waals surface area contributed by atoms with Crippen molar-refractivity contribution in [1.82, 2.24) is 14.1 Å². The summed E-state index contributed by atoms with van der Waals surface area (Å²) in [6.45, 7) is 2.28. The molecule has 0 saturated carbocycles. The summed E-state index contributed by atoms with van der Waals surface area (Å²) in [5.74, 6) is 0. The highest BCUT2D eigenvalue weighted by Crippen LogP contribution is 2.40. The van der Waals surface area contributed by atoms with Crippen molar-refractivity contribution in [3.05, 3.63) is 163 Å². The Labute approximate surface area is 347 Å². The molecule has 0 aliphatic heterocycles. The van der Waals surface area contributed by atoms with E-state index in [1.54, 1.807) is 0 Å². The van der Waals surface area contributed by atoms with Gasteiger partial charge in [-0.3, -0.25) is 4.98 Å². The third kappa shape index (κ3) is 5.56. The van der Waals surface area contributed by atoms with Crippen LogP contribution < -0.4 is 0 Å². The van der Waals surface area contributed by atoms with Crippen LogP contribution in [0.4, 0.5) is 0 Å². The van der Waals surface area contributed by atoms with E-state index in [-0.39, 0.29) is 0 Å². The number of unbranched alkanes of at least 4 members (excludes halogenated alkanes) is 5. The van der Waals surface area contributed by atoms with Gasteiger partial charge >= 0.3 is 0 Å². The second-order valence-corrected chi connectivity index (χ2v) is 16.4. The Bertz CT molecular complexity index is 3610. The Morgan fingerprint density at radius 1 is 0.417 bits per heavy atom. The number of aromatic nitrogens is 3. The zero-order valence-electron chi connectivity index (χ0n) is 33.6. The van der Waals surface area contributed by atoms with Gasteiger partial charge in [0.1, 0.15) is 22.3 Å². The van der Waals surface area contributed by atoms with Gasteiger partial charge in [0.2, 0.25) is 0 Å². The van der Waals surface area contributed by atoms with Crippen molar-refractivity contribution in [2.75, 3.05) is 0 Å². The molecule has 12 rings (SSSR count). The molecule has 7 aromatic carbocycles. The molecule has 60 heavy (non-hydrogen) atoms. The van der Waals surface area contributed by atoms with Gasteiger partial charge in [0.15, 0.2) is 5.58 Å². The highest BCUT2D eigenvalue weighted by Gasteiger charge is 2.18. The molecule has 0 spiro atoms. The predicted octanol–water partition coefficient (Wildman–Crippen LogP) is 15.6. The normalized spacial score (nSPS) is 12.2. The van der Waals surface area contributed by atoms with Crippen LogP contribution in [0.15, 0.2) is 167 Å². The molecule has 0 unspecified atom stereocenters. The van der Waals surface area contributed by atoms with E-state index < -0.39 is 0 Å². The molecule has 12 aromatic rings. The molecule has 0 atom stereocenters. The van der Waals surface area contributed by atoms with Gasteiger partial charge < -0.3 is 18.0 Å². The van der Waals surface area contributed by atoms with Gasteiger partial charge in [-0.05, 0) is 127 Å². The summed E-state index contributed by atoms with van der Waals surface area (Å²) in [6, 6.07) is 55.0. The van der Waals surface area contributed by atoms with Crippen molar-refractivity contribution >= 4 is 87.6 Å². The Hall–Kier alpha value is -7.11. The van der Waals surface area contributed by atoms with Crippen LogP contribution in [0.5, 0.6) is 0 Å². The zero-order chi connectivity index (χ0) is 39.7. The molecule has 0 bridgehead atoms. The average Bonchev–Trinajstić information content (AvgIpc) is 4.04. The summed E-state index contributed by atoms with van der Waals surface area (Å²) < 4.78 is 17.4. The molecule has 0 aliphatic carbocycles. The minimum Gasteiger partial charge on any atom is -0.456 e. The van der Waals surface area contributed by atoms with E-state index >= 15 is 0 Å². The van der Waals surface area contributed by atoms with E-state index in [4.69, 9.17) is 8.83 Å². The van der Waals surface area contributed by atoms with Crippen LogP contribution in [0.25, 0.3) is 110 Å². The largest absolute Gasteiger partial charge is 0.456 e. The zero-order valence-corrected chi connectivity index (χ0v) is 33.6. The van der Waals surface area contributed by atoms with E-state index in [1.165, 1.54) is 76.7 Å². The SMILES string of the molecule is CCCCCCCCc1ccc2c(c1)c1ccccc1n2-c1ccc2oc3ccc(-c4ccc5c(c4)c4ccccc4n5-c4ccc5oc6cccnc6c5c4)cc3c2c1. The Morgan fingerprint density at radius 3 is 1.72 bits per heavy atom. The molecule has 0 aliphatic rings. The molecule has 0 radical (unpaired) electrons. The molecule has 5 heterocycles. The fraction of sp³-hybridized carbons (Fsp3) is 0.145. The first-order chi connectivity index (χ1) is 29.7. The standard InChI is InChI=1S/C55H43N3O2/c1-2-3-4-5-6-7-13-35-19-24-49-42(30-35)40-14-8-10-16-47(40)57(49)38-22-27-52-45(33-38)44-32-37(21-26-51(44)59-52)36-20-25-50-43(31-36)41-15-9-11-17-48(41)58(50)39-23-28-53-46(34-39)55-54(60-53)18-12-29-56-55/h8-12,14-34H,2-7,13H2,1H3. The summed E-state index contributed by atoms with van der Waals surface area (Å²) in [4.78, 5) is 4.65. The molecular formula is C55H43N3O2. The summed E-state index contributed by atoms with van der Waals surface area (Å²) in [7, 11) is 0. The summed E-state index contributed by atoms with van der Waals surface area (Å²) in [6.07, 6.45) is 10.8. The molecule has 0 amide bonds. The lowest BCUT2D eigenvalue weighted by Crippen LogP contribution is -1.94. The van der Waals surface area contributed by atoms with Gasteiger partial charge in [-0.25, -0.2) is 0 Å². The Balaban J connectivity index is 0.939. The number of aryl methyl sites for hydroxylation is 1. The van der Waals surface area contributed by atoms with Crippen LogP contribution in [-0.2, 0) is 6.42 Å². The third-order valence-electron chi connectivity index (χ3n) is 12.7. The van der Waals surface area contributed by atoms with E-state index in [9.17, 15) is 0 Å². The fourth-order valence-corrected chi connectivity index (χ4v) is 9.80. The van der Waals surface area contributed by atoms with Crippen molar-refractivity contribution in [1.29, 1.82) is 0 Å². The number of rotatable bonds is 10. The fourth-order valence-electron chi connectivity index (χ4n) is 9.80. The van der Waals surface area contributed by atoms with Gasteiger partial charge in [0.05, 0.1) is 22.1 Å². The number of pyridine rings is 1. The van der Waals surface area contributed by atoms with E-state index in [2.05, 4.69) is 161 Å². The minimum absolute atomic E-state index is 0.800. The second kappa shape index (κ2) is 14.0. The molecule has 5 aromatic heterocycles. The van der Waals surface area contributed by atoms with Gasteiger partial charge in [0, 0.05) is 55.3 Å². The molecule has 290 valence electrons. The summed E-state index contributed by atoms with van der Waals surface area (Å²) in [5, 5.41) is 8.27. The monoisotopic (exact) mass is 777 g/mol. The van der Waals surface area contributed by atoms with E-state index in [1.807, 2.05) is 18.3 Å². The maximum Gasteiger partial charge on any atom is 0.153 e. The maximum absolute atomic E-state index is 6.48. The first-order valence-corrected chi connectivity index (χ1v) is 21.5. The Kier molecular flexibility index (Phi) is 8.15. The van der Waals surface area contributed by atoms with Gasteiger partial charge in [-0.1, -0.05) is 93.6 Å². The Morgan fingerprint density at radius 2 is 0.967 bits per heavy atom. The summed E-state index contributed by atoms with van der Waals surface area (Å²) >= 11 is 0. The maximum atomic E-state index is 6.48. The van der Waals surface area contributed by atoms with Crippen LogP contribution in [0.3, 0.4) is 0 Å². The first-order valence-electron chi connectivity index (χ1n) is 21.5. The van der Waals surface area contributed by atoms with Crippen molar-refractivity contribution in [3.8, 4) is 22.5 Å². The summed E-state index contributed by atoms with van der Waals surface area (Å²) in [5.41, 5.74) is 15.0. The molecule has 0 N–H and O–H groups in total. The van der Waals surface area contributed by atoms with Crippen LogP contribution in [0, 0.1) is 0 Å². The molecule has 0 saturated heterocycles. The van der Waals surface area contributed by atoms with Crippen molar-refractivity contribution in [2.45, 2.75) is 51.9 Å². The number of nitrogens with zero attached hydrogens (tertiary/aromatic N) is 3. The van der Waals surface area contributed by atoms with Crippen molar-refractivity contribution < 1.29 is 8.83 Å². The number of hydrogen-bond donors (Lipinski definition) is 0. The highest BCUT2D eigenvalue weighted by atomic mass is 16.3. The van der Waals surface area contributed by atoms with Gasteiger partial charge in [-0.2, -0.15) is 0 Å². The van der Waals surface area contributed by atoms with Crippen LogP contribution >= 0.6 is 0 Å². The van der Waals surface area contributed by atoms with E-state index in [0.717, 1.165) is 84.0 Å². The number of furan rings is 2. The molecule has 5 nitrogen and oxygen atoms in total. The van der Waals surface area contributed by atoms with Crippen LogP contribution in [0.2, 0.25) is 0 Å². The molecular weight excluding hydrogens is 735 g/mol. The lowest BCUT2D eigenvalue weighted by atomic mass is 10.0. The van der Waals surface area contributed by atoms with Crippen LogP contribution in [-0.4, -0.2) is 14.1 Å². The number of para-hydroxylation sites is 2. The second-order valence-electron chi connectivity index (χ2n) is 16.4. The average molecular weight is 778 g/mol. The lowest BCUT2D eigenvalue weighted by Gasteiger charge is -2.09. The number of benzene rings is 7. The van der Waals surface area contributed by atoms with Gasteiger partial charge in [-0.15, -0.1) is 0 Å². The van der Waals surface area contributed by atoms with Crippen molar-refractivity contribution in [3.63, 3.8) is 0 Å². The first kappa shape index (κ1) is 34.9. The quantitative estimate of drug-likeness (QED) is 0.130. The smallest absolute Gasteiger partial charge is 0.153 e. The molecule has 5 heteroatoms. The number of hydrogen-bond acceptors (Lipinski definition) is 3. The molecule has 0 fully saturated rings. The van der Waals surface area contributed by atoms with E-state index in [0.29, 0.717) is 0 Å². The minimum atomic E-state index is 0.800. The van der Waals surface area contributed by atoms with Gasteiger partial charge in [0.25, 0.3) is 0 Å². The third-order valence-corrected chi connectivity index (χ3v) is 12.7. The van der Waals surface area contributed by atoms with Crippen molar-refractivity contribution in [2.24, 2.45) is 0 Å². The van der Waals surface area contributed by atoms with Crippen LogP contribution in [0.1, 0.15) is 51.0 Å². The lowest BCUT2D eigenvalue weighted by molar-refractivity contribution is 0.607. The number of fused-ring (bicyclic) bond motifs is 12.